The molecule has 6 nitrogen and oxygen atoms in total. The molecule has 0 spiro atoms. The number of alkyl halides is 1. The third-order valence-electron chi connectivity index (χ3n) is 4.24. The summed E-state index contributed by atoms with van der Waals surface area (Å²) in [6.07, 6.45) is 3.20. The second kappa shape index (κ2) is 9.56. The molecule has 0 saturated carbocycles. The lowest BCUT2D eigenvalue weighted by Crippen LogP contribution is -2.37. The Balaban J connectivity index is 2.08. The highest BCUT2D eigenvalue weighted by Gasteiger charge is 2.34. The second-order valence-electron chi connectivity index (χ2n) is 5.88. The number of carbonyl (C=O) groups excluding carboxylic acids is 3. The van der Waals surface area contributed by atoms with Crippen LogP contribution in [0.4, 0.5) is 0 Å². The summed E-state index contributed by atoms with van der Waals surface area (Å²) in [5.41, 5.74) is 1.39. The molecule has 1 N–H and O–H groups in total. The van der Waals surface area contributed by atoms with Gasteiger partial charge in [-0.05, 0) is 31.4 Å². The molecule has 1 aromatic rings. The molecule has 1 heterocycles. The number of carbonyl (C=O) groups is 3. The van der Waals surface area contributed by atoms with E-state index in [4.69, 9.17) is 4.74 Å². The number of hydrogen-bond donors (Lipinski definition) is 1. The first-order valence-corrected chi connectivity index (χ1v) is 9.52. The number of halogens is 1. The maximum absolute atomic E-state index is 12.6. The van der Waals surface area contributed by atoms with Crippen LogP contribution in [0.5, 0.6) is 5.75 Å². The van der Waals surface area contributed by atoms with Crippen molar-refractivity contribution in [3.8, 4) is 5.75 Å². The van der Waals surface area contributed by atoms with Crippen LogP contribution in [0.1, 0.15) is 41.6 Å². The molecule has 2 amide bonds. The van der Waals surface area contributed by atoms with Crippen LogP contribution in [0.25, 0.3) is 0 Å². The van der Waals surface area contributed by atoms with Gasteiger partial charge < -0.3 is 19.7 Å². The molecule has 2 rings (SSSR count). The fourth-order valence-corrected chi connectivity index (χ4v) is 3.21. The van der Waals surface area contributed by atoms with Crippen molar-refractivity contribution >= 4 is 34.0 Å². The zero-order chi connectivity index (χ0) is 18.2. The van der Waals surface area contributed by atoms with Crippen LogP contribution in [0, 0.1) is 0 Å². The van der Waals surface area contributed by atoms with E-state index in [-0.39, 0.29) is 18.2 Å². The van der Waals surface area contributed by atoms with Crippen LogP contribution in [-0.4, -0.2) is 48.0 Å². The SMILES string of the molecule is CNC(=O)CCC(C=O)N1Cc2c(OCCCCBr)cccc2C1=O. The van der Waals surface area contributed by atoms with E-state index in [1.807, 2.05) is 6.07 Å². The number of nitrogens with one attached hydrogen (secondary N) is 1. The minimum absolute atomic E-state index is 0.146. The monoisotopic (exact) mass is 410 g/mol. The second-order valence-corrected chi connectivity index (χ2v) is 6.67. The number of rotatable bonds is 10. The fraction of sp³-hybridized carbons (Fsp3) is 0.500. The molecule has 0 bridgehead atoms. The van der Waals surface area contributed by atoms with E-state index in [2.05, 4.69) is 21.2 Å². The average Bonchev–Trinajstić information content (AvgIpc) is 2.97. The van der Waals surface area contributed by atoms with Crippen LogP contribution < -0.4 is 10.1 Å². The average molecular weight is 411 g/mol. The van der Waals surface area contributed by atoms with E-state index in [1.54, 1.807) is 19.2 Å². The molecule has 1 unspecified atom stereocenters. The molecule has 25 heavy (non-hydrogen) atoms. The predicted molar refractivity (Wildman–Crippen MR) is 98.0 cm³/mol. The van der Waals surface area contributed by atoms with Gasteiger partial charge in [0.1, 0.15) is 12.0 Å². The first-order valence-electron chi connectivity index (χ1n) is 8.39. The summed E-state index contributed by atoms with van der Waals surface area (Å²) >= 11 is 3.39. The number of ether oxygens (including phenoxy) is 1. The van der Waals surface area contributed by atoms with Crippen molar-refractivity contribution in [3.63, 3.8) is 0 Å². The number of aldehydes is 1. The Bertz CT molecular complexity index is 636. The Morgan fingerprint density at radius 2 is 2.24 bits per heavy atom. The molecular formula is C18H23BrN2O4. The minimum Gasteiger partial charge on any atom is -0.493 e. The topological polar surface area (TPSA) is 75.7 Å². The summed E-state index contributed by atoms with van der Waals surface area (Å²) in [7, 11) is 1.55. The smallest absolute Gasteiger partial charge is 0.255 e. The molecule has 7 heteroatoms. The van der Waals surface area contributed by atoms with Gasteiger partial charge in [-0.3, -0.25) is 9.59 Å². The van der Waals surface area contributed by atoms with Crippen LogP contribution in [0.2, 0.25) is 0 Å². The Labute approximate surface area is 156 Å². The van der Waals surface area contributed by atoms with Gasteiger partial charge in [-0.25, -0.2) is 0 Å². The van der Waals surface area contributed by atoms with Crippen molar-refractivity contribution < 1.29 is 19.1 Å². The molecule has 0 aliphatic carbocycles. The van der Waals surface area contributed by atoms with E-state index in [0.29, 0.717) is 30.9 Å². The van der Waals surface area contributed by atoms with Crippen LogP contribution in [0.15, 0.2) is 18.2 Å². The summed E-state index contributed by atoms with van der Waals surface area (Å²) in [6, 6.07) is 4.78. The molecule has 1 aliphatic rings. The van der Waals surface area contributed by atoms with Gasteiger partial charge in [-0.2, -0.15) is 0 Å². The molecule has 1 aliphatic heterocycles. The van der Waals surface area contributed by atoms with Crippen molar-refractivity contribution in [1.29, 1.82) is 0 Å². The predicted octanol–water partition coefficient (Wildman–Crippen LogP) is 2.29. The van der Waals surface area contributed by atoms with E-state index >= 15 is 0 Å². The molecule has 136 valence electrons. The van der Waals surface area contributed by atoms with Crippen molar-refractivity contribution in [2.45, 2.75) is 38.3 Å². The van der Waals surface area contributed by atoms with Crippen molar-refractivity contribution in [1.82, 2.24) is 10.2 Å². The summed E-state index contributed by atoms with van der Waals surface area (Å²) in [5, 5.41) is 3.46. The summed E-state index contributed by atoms with van der Waals surface area (Å²) < 4.78 is 5.82. The third kappa shape index (κ3) is 4.81. The van der Waals surface area contributed by atoms with E-state index in [1.165, 1.54) is 4.90 Å². The highest BCUT2D eigenvalue weighted by Crippen LogP contribution is 2.32. The van der Waals surface area contributed by atoms with Crippen molar-refractivity contribution in [2.75, 3.05) is 19.0 Å². The lowest BCUT2D eigenvalue weighted by atomic mass is 10.1. The van der Waals surface area contributed by atoms with E-state index < -0.39 is 6.04 Å². The number of unbranched alkanes of at least 4 members (excludes halogenated alkanes) is 1. The largest absolute Gasteiger partial charge is 0.493 e. The normalized spacial score (nSPS) is 14.2. The maximum Gasteiger partial charge on any atom is 0.255 e. The number of benzene rings is 1. The molecule has 0 saturated heterocycles. The fourth-order valence-electron chi connectivity index (χ4n) is 2.81. The van der Waals surface area contributed by atoms with Gasteiger partial charge >= 0.3 is 0 Å². The number of hydrogen-bond acceptors (Lipinski definition) is 4. The molecule has 0 aromatic heterocycles. The summed E-state index contributed by atoms with van der Waals surface area (Å²) in [6.45, 7) is 0.921. The van der Waals surface area contributed by atoms with E-state index in [0.717, 1.165) is 30.0 Å². The van der Waals surface area contributed by atoms with Gasteiger partial charge in [0.05, 0.1) is 19.2 Å². The van der Waals surface area contributed by atoms with Crippen LogP contribution in [0.3, 0.4) is 0 Å². The van der Waals surface area contributed by atoms with Crippen molar-refractivity contribution in [3.05, 3.63) is 29.3 Å². The zero-order valence-corrected chi connectivity index (χ0v) is 15.9. The number of amides is 2. The molecule has 0 fully saturated rings. The molecule has 0 radical (unpaired) electrons. The minimum atomic E-state index is -0.613. The highest BCUT2D eigenvalue weighted by molar-refractivity contribution is 9.09. The Kier molecular flexibility index (Phi) is 7.43. The quantitative estimate of drug-likeness (QED) is 0.364. The molecular weight excluding hydrogens is 388 g/mol. The summed E-state index contributed by atoms with van der Waals surface area (Å²) in [5.74, 6) is 0.362. The standard InChI is InChI=1S/C18H23BrN2O4/c1-20-17(23)8-7-13(12-22)21-11-15-14(18(21)24)5-4-6-16(15)25-10-3-2-9-19/h4-6,12-13H,2-3,7-11H2,1H3,(H,20,23). The van der Waals surface area contributed by atoms with Crippen LogP contribution >= 0.6 is 15.9 Å². The van der Waals surface area contributed by atoms with Gasteiger partial charge in [0.2, 0.25) is 5.91 Å². The van der Waals surface area contributed by atoms with Crippen LogP contribution in [-0.2, 0) is 16.1 Å². The summed E-state index contributed by atoms with van der Waals surface area (Å²) in [4.78, 5) is 37.0. The third-order valence-corrected chi connectivity index (χ3v) is 4.80. The Hall–Kier alpha value is -1.89. The number of nitrogens with zero attached hydrogens (tertiary/aromatic N) is 1. The van der Waals surface area contributed by atoms with Gasteiger partial charge in [0.15, 0.2) is 0 Å². The highest BCUT2D eigenvalue weighted by atomic mass is 79.9. The van der Waals surface area contributed by atoms with E-state index in [9.17, 15) is 14.4 Å². The van der Waals surface area contributed by atoms with Gasteiger partial charge in [0, 0.05) is 29.9 Å². The molecule has 1 aromatic carbocycles. The Morgan fingerprint density at radius 1 is 1.44 bits per heavy atom. The molecule has 1 atom stereocenters. The maximum atomic E-state index is 12.6. The first kappa shape index (κ1) is 19.4. The van der Waals surface area contributed by atoms with Crippen molar-refractivity contribution in [2.24, 2.45) is 0 Å². The lowest BCUT2D eigenvalue weighted by Gasteiger charge is -2.22. The number of fused-ring (bicyclic) bond motifs is 1. The Morgan fingerprint density at radius 3 is 2.92 bits per heavy atom. The van der Waals surface area contributed by atoms with Gasteiger partial charge in [-0.15, -0.1) is 0 Å². The lowest BCUT2D eigenvalue weighted by molar-refractivity contribution is -0.121. The first-order chi connectivity index (χ1) is 12.1. The van der Waals surface area contributed by atoms with Gasteiger partial charge in [-0.1, -0.05) is 22.0 Å². The van der Waals surface area contributed by atoms with Gasteiger partial charge in [0.25, 0.3) is 5.91 Å². The zero-order valence-electron chi connectivity index (χ0n) is 14.3.